The fourth-order valence-corrected chi connectivity index (χ4v) is 7.47. The minimum Gasteiger partial charge on any atom is -0.293 e. The van der Waals surface area contributed by atoms with E-state index < -0.39 is 21.8 Å². The van der Waals surface area contributed by atoms with Gasteiger partial charge in [0.1, 0.15) is 5.54 Å². The number of Topliss-reactive ketones (excluding diaryl/α,β-unsaturated/α-hetero) is 2. The van der Waals surface area contributed by atoms with Crippen LogP contribution < -0.4 is 0 Å². The number of hydrogen-bond acceptors (Lipinski definition) is 5. The second-order valence-corrected chi connectivity index (χ2v) is 10.2. The number of benzene rings is 4. The van der Waals surface area contributed by atoms with E-state index in [9.17, 15) is 19.7 Å². The first kappa shape index (κ1) is 21.1. The van der Waals surface area contributed by atoms with Crippen LogP contribution in [0.3, 0.4) is 0 Å². The number of rotatable bonds is 2. The van der Waals surface area contributed by atoms with Gasteiger partial charge in [-0.3, -0.25) is 24.6 Å². The second-order valence-electron chi connectivity index (χ2n) is 10.2. The highest BCUT2D eigenvalue weighted by molar-refractivity contribution is 6.24. The molecule has 0 bridgehead atoms. The maximum Gasteiger partial charge on any atom is 0.269 e. The number of nitrogens with zero attached hydrogens (tertiary/aromatic N) is 2. The summed E-state index contributed by atoms with van der Waals surface area (Å²) in [6.45, 7) is 0.428. The van der Waals surface area contributed by atoms with Gasteiger partial charge in [-0.05, 0) is 40.9 Å². The van der Waals surface area contributed by atoms with Gasteiger partial charge in [0.15, 0.2) is 11.6 Å². The lowest BCUT2D eigenvalue weighted by Crippen LogP contribution is -2.57. The molecule has 0 aromatic heterocycles. The van der Waals surface area contributed by atoms with Crippen LogP contribution in [0, 0.1) is 15.5 Å². The zero-order valence-corrected chi connectivity index (χ0v) is 19.6. The van der Waals surface area contributed by atoms with Crippen molar-refractivity contribution in [2.45, 2.75) is 17.9 Å². The monoisotopic (exact) mass is 474 g/mol. The molecule has 1 saturated heterocycles. The van der Waals surface area contributed by atoms with Gasteiger partial charge in [0.05, 0.1) is 10.3 Å². The average molecular weight is 475 g/mol. The topological polar surface area (TPSA) is 80.5 Å². The number of likely N-dealkylation sites (tertiary alicyclic amines) is 1. The molecule has 0 N–H and O–H groups in total. The summed E-state index contributed by atoms with van der Waals surface area (Å²) in [5.74, 6) is -0.529. The number of non-ortho nitro benzene ring substituents is 1. The number of carbonyl (C=O) groups excluding carboxylic acids is 2. The van der Waals surface area contributed by atoms with Crippen molar-refractivity contribution in [3.05, 3.63) is 123 Å². The van der Waals surface area contributed by atoms with Gasteiger partial charge in [-0.25, -0.2) is 0 Å². The van der Waals surface area contributed by atoms with Crippen LogP contribution in [0.25, 0.3) is 10.8 Å². The molecule has 2 aliphatic carbocycles. The standard InChI is InChI=1S/C30H22N2O4/c1-31-17-25(19-10-4-11-21(15-19)32(35)36)29(16-20-7-2-3-12-22(20)27(29)33)30(31)24-14-6-9-18-8-5-13-23(26(18)24)28(30)34/h2-15,25H,16-17H2,1H3/t25-,29+,30+/m1/s1. The quantitative estimate of drug-likeness (QED) is 0.291. The molecule has 36 heavy (non-hydrogen) atoms. The molecule has 0 unspecified atom stereocenters. The molecule has 4 aromatic rings. The fourth-order valence-electron chi connectivity index (χ4n) is 7.47. The first-order chi connectivity index (χ1) is 17.4. The van der Waals surface area contributed by atoms with Crippen LogP contribution in [0.2, 0.25) is 0 Å². The molecule has 0 amide bonds. The number of likely N-dealkylation sites (N-methyl/N-ethyl adjacent to an activating group) is 1. The minimum atomic E-state index is -1.21. The Morgan fingerprint density at radius 2 is 1.61 bits per heavy atom. The highest BCUT2D eigenvalue weighted by Crippen LogP contribution is 2.67. The summed E-state index contributed by atoms with van der Waals surface area (Å²) in [7, 11) is 1.91. The molecule has 7 rings (SSSR count). The van der Waals surface area contributed by atoms with Gasteiger partial charge in [0.25, 0.3) is 5.69 Å². The third kappa shape index (κ3) is 2.26. The summed E-state index contributed by atoms with van der Waals surface area (Å²) in [4.78, 5) is 42.5. The highest BCUT2D eigenvalue weighted by atomic mass is 16.6. The maximum absolute atomic E-state index is 14.6. The highest BCUT2D eigenvalue weighted by Gasteiger charge is 2.74. The third-order valence-electron chi connectivity index (χ3n) is 8.76. The predicted molar refractivity (Wildman–Crippen MR) is 135 cm³/mol. The summed E-state index contributed by atoms with van der Waals surface area (Å²) in [5, 5.41) is 13.5. The Morgan fingerprint density at radius 1 is 0.889 bits per heavy atom. The largest absolute Gasteiger partial charge is 0.293 e. The zero-order chi connectivity index (χ0) is 24.8. The summed E-state index contributed by atoms with van der Waals surface area (Å²) in [5.41, 5.74) is 1.41. The van der Waals surface area contributed by atoms with E-state index in [4.69, 9.17) is 0 Å². The van der Waals surface area contributed by atoms with Crippen molar-refractivity contribution >= 4 is 28.0 Å². The van der Waals surface area contributed by atoms with Gasteiger partial charge >= 0.3 is 0 Å². The lowest BCUT2D eigenvalue weighted by molar-refractivity contribution is -0.384. The molecular weight excluding hydrogens is 452 g/mol. The number of ketones is 2. The second kappa shape index (κ2) is 6.95. The summed E-state index contributed by atoms with van der Waals surface area (Å²) in [6.07, 6.45) is 0.399. The summed E-state index contributed by atoms with van der Waals surface area (Å²) in [6, 6.07) is 25.8. The average Bonchev–Trinajstić information content (AvgIpc) is 3.44. The van der Waals surface area contributed by atoms with Crippen LogP contribution in [0.15, 0.2) is 84.9 Å². The van der Waals surface area contributed by atoms with Gasteiger partial charge in [-0.15, -0.1) is 0 Å². The lowest BCUT2D eigenvalue weighted by Gasteiger charge is -2.44. The molecule has 3 atom stereocenters. The van der Waals surface area contributed by atoms with E-state index in [0.29, 0.717) is 29.7 Å². The van der Waals surface area contributed by atoms with E-state index in [2.05, 4.69) is 0 Å². The van der Waals surface area contributed by atoms with Crippen LogP contribution in [0.1, 0.15) is 43.3 Å². The van der Waals surface area contributed by atoms with E-state index >= 15 is 0 Å². The summed E-state index contributed by atoms with van der Waals surface area (Å²) >= 11 is 0. The van der Waals surface area contributed by atoms with Gasteiger partial charge in [0.2, 0.25) is 0 Å². The van der Waals surface area contributed by atoms with E-state index in [1.54, 1.807) is 12.1 Å². The van der Waals surface area contributed by atoms with Crippen LogP contribution in [0.5, 0.6) is 0 Å². The molecule has 6 nitrogen and oxygen atoms in total. The SMILES string of the molecule is CN1C[C@H](c2cccc([N+](=O)[O-])c2)[C@]2(Cc3ccccc3C2=O)[C@]12C(=O)c1cccc3cccc2c13. The van der Waals surface area contributed by atoms with Crippen LogP contribution in [0.4, 0.5) is 5.69 Å². The molecule has 4 aromatic carbocycles. The first-order valence-corrected chi connectivity index (χ1v) is 12.1. The van der Waals surface area contributed by atoms with Crippen LogP contribution in [-0.2, 0) is 12.0 Å². The maximum atomic E-state index is 14.6. The third-order valence-corrected chi connectivity index (χ3v) is 8.76. The molecular formula is C30H22N2O4. The van der Waals surface area contributed by atoms with Crippen LogP contribution >= 0.6 is 0 Å². The van der Waals surface area contributed by atoms with Crippen molar-refractivity contribution in [2.24, 2.45) is 5.41 Å². The number of fused-ring (bicyclic) bond motifs is 3. The van der Waals surface area contributed by atoms with Gasteiger partial charge in [-0.2, -0.15) is 0 Å². The molecule has 1 aliphatic heterocycles. The Balaban J connectivity index is 1.57. The number of hydrogen-bond donors (Lipinski definition) is 0. The van der Waals surface area contributed by atoms with E-state index in [1.807, 2.05) is 78.7 Å². The van der Waals surface area contributed by atoms with Crippen molar-refractivity contribution in [1.82, 2.24) is 4.90 Å². The minimum absolute atomic E-state index is 0.0163. The summed E-state index contributed by atoms with van der Waals surface area (Å²) < 4.78 is 0. The Morgan fingerprint density at radius 3 is 2.39 bits per heavy atom. The predicted octanol–water partition coefficient (Wildman–Crippen LogP) is 5.29. The Kier molecular flexibility index (Phi) is 4.09. The molecule has 6 heteroatoms. The first-order valence-electron chi connectivity index (χ1n) is 12.1. The number of nitro groups is 1. The van der Waals surface area contributed by atoms with Gasteiger partial charge in [-0.1, -0.05) is 72.8 Å². The molecule has 0 saturated carbocycles. The lowest BCUT2D eigenvalue weighted by atomic mass is 9.58. The smallest absolute Gasteiger partial charge is 0.269 e. The van der Waals surface area contributed by atoms with Gasteiger partial charge < -0.3 is 0 Å². The van der Waals surface area contributed by atoms with Gasteiger partial charge in [0, 0.05) is 35.7 Å². The molecule has 2 spiro atoms. The molecule has 1 heterocycles. The zero-order valence-electron chi connectivity index (χ0n) is 19.6. The Bertz CT molecular complexity index is 1650. The molecule has 176 valence electrons. The van der Waals surface area contributed by atoms with Crippen LogP contribution in [-0.4, -0.2) is 35.0 Å². The number of carbonyl (C=O) groups is 2. The van der Waals surface area contributed by atoms with Crippen molar-refractivity contribution in [2.75, 3.05) is 13.6 Å². The Hall–Kier alpha value is -4.16. The Labute approximate surface area is 207 Å². The van der Waals surface area contributed by atoms with Crippen molar-refractivity contribution in [3.8, 4) is 0 Å². The van der Waals surface area contributed by atoms with Crippen molar-refractivity contribution < 1.29 is 14.5 Å². The molecule has 1 fully saturated rings. The molecule has 3 aliphatic rings. The van der Waals surface area contributed by atoms with E-state index in [-0.39, 0.29) is 17.3 Å². The van der Waals surface area contributed by atoms with Crippen molar-refractivity contribution in [1.29, 1.82) is 0 Å². The van der Waals surface area contributed by atoms with E-state index in [0.717, 1.165) is 21.9 Å². The molecule has 0 radical (unpaired) electrons. The normalized spacial score (nSPS) is 26.4. The fraction of sp³-hybridized carbons (Fsp3) is 0.200. The number of nitro benzene ring substituents is 1. The van der Waals surface area contributed by atoms with Crippen molar-refractivity contribution in [3.63, 3.8) is 0 Å². The van der Waals surface area contributed by atoms with E-state index in [1.165, 1.54) is 6.07 Å².